The molecule has 4 heteroatoms. The van der Waals surface area contributed by atoms with Crippen LogP contribution in [0.4, 0.5) is 0 Å². The van der Waals surface area contributed by atoms with Crippen LogP contribution in [0.1, 0.15) is 36.4 Å². The van der Waals surface area contributed by atoms with E-state index >= 15 is 0 Å². The van der Waals surface area contributed by atoms with Crippen LogP contribution in [-0.2, 0) is 20.7 Å². The van der Waals surface area contributed by atoms with E-state index in [0.29, 0.717) is 0 Å². The molecule has 100 valence electrons. The van der Waals surface area contributed by atoms with Gasteiger partial charge in [0.1, 0.15) is 12.7 Å². The van der Waals surface area contributed by atoms with E-state index in [0.717, 1.165) is 19.3 Å². The Morgan fingerprint density at radius 1 is 1.32 bits per heavy atom. The summed E-state index contributed by atoms with van der Waals surface area (Å²) in [4.78, 5) is 23.2. The van der Waals surface area contributed by atoms with Crippen LogP contribution >= 0.6 is 0 Å². The molecule has 1 heterocycles. The number of Topliss-reactive ketones (excluding diaryl/α,β-unsaturated/α-hetero) is 1. The first kappa shape index (κ1) is 12.4. The molecule has 0 aromatic heterocycles. The number of aryl methyl sites for hydroxylation is 1. The summed E-state index contributed by atoms with van der Waals surface area (Å²) in [6.07, 6.45) is 2.71. The fourth-order valence-electron chi connectivity index (χ4n) is 2.86. The lowest BCUT2D eigenvalue weighted by atomic mass is 9.87. The van der Waals surface area contributed by atoms with E-state index in [9.17, 15) is 9.59 Å². The topological polar surface area (TPSA) is 55.4 Å². The number of ketones is 1. The lowest BCUT2D eigenvalue weighted by Gasteiger charge is -2.27. The second-order valence-electron chi connectivity index (χ2n) is 5.19. The average molecular weight is 259 g/mol. The molecule has 19 heavy (non-hydrogen) atoms. The molecule has 1 unspecified atom stereocenters. The number of amides is 1. The van der Waals surface area contributed by atoms with Crippen LogP contribution in [0, 0.1) is 0 Å². The van der Waals surface area contributed by atoms with Crippen molar-refractivity contribution in [3.63, 3.8) is 0 Å². The lowest BCUT2D eigenvalue weighted by molar-refractivity contribution is -0.130. The molecule has 1 aliphatic heterocycles. The quantitative estimate of drug-likeness (QED) is 0.876. The van der Waals surface area contributed by atoms with E-state index in [1.165, 1.54) is 11.1 Å². The maximum absolute atomic E-state index is 12.1. The summed E-state index contributed by atoms with van der Waals surface area (Å²) >= 11 is 0. The van der Waals surface area contributed by atoms with Crippen molar-refractivity contribution >= 4 is 11.7 Å². The minimum absolute atomic E-state index is 0.00388. The highest BCUT2D eigenvalue weighted by atomic mass is 16.5. The Hall–Kier alpha value is -1.68. The molecule has 1 amide bonds. The first-order valence-electron chi connectivity index (χ1n) is 6.75. The molecule has 3 rings (SSSR count). The summed E-state index contributed by atoms with van der Waals surface area (Å²) in [5, 5.41) is 3.02. The highest BCUT2D eigenvalue weighted by Gasteiger charge is 2.31. The van der Waals surface area contributed by atoms with Crippen molar-refractivity contribution in [1.82, 2.24) is 5.32 Å². The zero-order valence-corrected chi connectivity index (χ0v) is 10.7. The van der Waals surface area contributed by atoms with Crippen LogP contribution < -0.4 is 5.32 Å². The molecule has 2 aliphatic rings. The zero-order valence-electron chi connectivity index (χ0n) is 10.7. The summed E-state index contributed by atoms with van der Waals surface area (Å²) in [5.74, 6) is -0.156. The van der Waals surface area contributed by atoms with Gasteiger partial charge in [0.2, 0.25) is 5.91 Å². The molecule has 1 fully saturated rings. The van der Waals surface area contributed by atoms with Crippen molar-refractivity contribution in [1.29, 1.82) is 0 Å². The minimum Gasteiger partial charge on any atom is -0.360 e. The third-order valence-electron chi connectivity index (χ3n) is 3.84. The van der Waals surface area contributed by atoms with Crippen molar-refractivity contribution in [3.8, 4) is 0 Å². The summed E-state index contributed by atoms with van der Waals surface area (Å²) in [5.41, 5.74) is 2.51. The molecule has 0 bridgehead atoms. The lowest BCUT2D eigenvalue weighted by Crippen LogP contribution is -2.38. The number of nitrogens with one attached hydrogen (secondary N) is 1. The Kier molecular flexibility index (Phi) is 3.34. The third kappa shape index (κ3) is 2.54. The normalized spacial score (nSPS) is 26.0. The van der Waals surface area contributed by atoms with Gasteiger partial charge in [-0.25, -0.2) is 0 Å². The van der Waals surface area contributed by atoms with E-state index in [2.05, 4.69) is 17.4 Å². The molecule has 1 aromatic carbocycles. The number of benzene rings is 1. The van der Waals surface area contributed by atoms with Crippen LogP contribution in [0.25, 0.3) is 0 Å². The Morgan fingerprint density at radius 3 is 2.95 bits per heavy atom. The van der Waals surface area contributed by atoms with Gasteiger partial charge in [-0.15, -0.1) is 0 Å². The van der Waals surface area contributed by atoms with Gasteiger partial charge in [0.25, 0.3) is 0 Å². The molecule has 1 saturated heterocycles. The van der Waals surface area contributed by atoms with Crippen molar-refractivity contribution in [2.24, 2.45) is 0 Å². The van der Waals surface area contributed by atoms with Crippen molar-refractivity contribution in [2.45, 2.75) is 37.8 Å². The third-order valence-corrected chi connectivity index (χ3v) is 3.84. The molecule has 4 nitrogen and oxygen atoms in total. The van der Waals surface area contributed by atoms with Crippen LogP contribution in [0.15, 0.2) is 24.3 Å². The molecule has 1 N–H and O–H groups in total. The Bertz CT molecular complexity index is 512. The SMILES string of the molecule is O=C1COC(C(=O)N[C@H]2CCCc3ccccc32)C1. The van der Waals surface area contributed by atoms with E-state index in [1.54, 1.807) is 0 Å². The second kappa shape index (κ2) is 5.13. The van der Waals surface area contributed by atoms with Gasteiger partial charge < -0.3 is 10.1 Å². The van der Waals surface area contributed by atoms with Gasteiger partial charge in [-0.05, 0) is 30.4 Å². The smallest absolute Gasteiger partial charge is 0.250 e. The molecule has 2 atom stereocenters. The molecule has 0 spiro atoms. The summed E-state index contributed by atoms with van der Waals surface area (Å²) in [6, 6.07) is 8.26. The minimum atomic E-state index is -0.596. The highest BCUT2D eigenvalue weighted by molar-refractivity contribution is 5.91. The van der Waals surface area contributed by atoms with Crippen LogP contribution in [-0.4, -0.2) is 24.4 Å². The Labute approximate surface area is 112 Å². The summed E-state index contributed by atoms with van der Waals surface area (Å²) < 4.78 is 5.19. The van der Waals surface area contributed by atoms with Crippen LogP contribution in [0.2, 0.25) is 0 Å². The van der Waals surface area contributed by atoms with Crippen molar-refractivity contribution < 1.29 is 14.3 Å². The van der Waals surface area contributed by atoms with E-state index < -0.39 is 6.10 Å². The van der Waals surface area contributed by atoms with Crippen LogP contribution in [0.5, 0.6) is 0 Å². The predicted molar refractivity (Wildman–Crippen MR) is 69.6 cm³/mol. The largest absolute Gasteiger partial charge is 0.360 e. The van der Waals surface area contributed by atoms with Crippen molar-refractivity contribution in [2.75, 3.05) is 6.61 Å². The summed E-state index contributed by atoms with van der Waals surface area (Å²) in [6.45, 7) is 0.0688. The van der Waals surface area contributed by atoms with Gasteiger partial charge in [-0.1, -0.05) is 24.3 Å². The number of fused-ring (bicyclic) bond motifs is 1. The van der Waals surface area contributed by atoms with Gasteiger partial charge in [0.05, 0.1) is 6.04 Å². The molecule has 0 radical (unpaired) electrons. The monoisotopic (exact) mass is 259 g/mol. The fourth-order valence-corrected chi connectivity index (χ4v) is 2.86. The van der Waals surface area contributed by atoms with Gasteiger partial charge in [0, 0.05) is 6.42 Å². The predicted octanol–water partition coefficient (Wildman–Crippen LogP) is 1.54. The van der Waals surface area contributed by atoms with E-state index in [4.69, 9.17) is 4.74 Å². The van der Waals surface area contributed by atoms with Gasteiger partial charge in [-0.3, -0.25) is 9.59 Å². The number of carbonyl (C=O) groups is 2. The molecule has 1 aromatic rings. The number of rotatable bonds is 2. The average Bonchev–Trinajstić information content (AvgIpc) is 2.86. The second-order valence-corrected chi connectivity index (χ2v) is 5.19. The zero-order chi connectivity index (χ0) is 13.2. The number of hydrogen-bond acceptors (Lipinski definition) is 3. The molecular formula is C15H17NO3. The van der Waals surface area contributed by atoms with E-state index in [-0.39, 0.29) is 30.8 Å². The maximum Gasteiger partial charge on any atom is 0.250 e. The highest BCUT2D eigenvalue weighted by Crippen LogP contribution is 2.29. The standard InChI is InChI=1S/C15H17NO3/c17-11-8-14(19-9-11)15(18)16-13-7-3-5-10-4-1-2-6-12(10)13/h1-2,4,6,13-14H,3,5,7-9H2,(H,16,18)/t13-,14?/m0/s1. The van der Waals surface area contributed by atoms with Gasteiger partial charge in [0.15, 0.2) is 5.78 Å². The van der Waals surface area contributed by atoms with Gasteiger partial charge >= 0.3 is 0 Å². The number of ether oxygens (including phenoxy) is 1. The maximum atomic E-state index is 12.1. The van der Waals surface area contributed by atoms with Crippen molar-refractivity contribution in [3.05, 3.63) is 35.4 Å². The number of carbonyl (C=O) groups excluding carboxylic acids is 2. The fraction of sp³-hybridized carbons (Fsp3) is 0.467. The molecule has 0 saturated carbocycles. The number of hydrogen-bond donors (Lipinski definition) is 1. The molecule has 1 aliphatic carbocycles. The van der Waals surface area contributed by atoms with Crippen LogP contribution in [0.3, 0.4) is 0 Å². The van der Waals surface area contributed by atoms with Gasteiger partial charge in [-0.2, -0.15) is 0 Å². The van der Waals surface area contributed by atoms with E-state index in [1.807, 2.05) is 12.1 Å². The first-order valence-corrected chi connectivity index (χ1v) is 6.75. The Morgan fingerprint density at radius 2 is 2.16 bits per heavy atom. The first-order chi connectivity index (χ1) is 9.24. The summed E-state index contributed by atoms with van der Waals surface area (Å²) in [7, 11) is 0. The Balaban J connectivity index is 1.71. The molecular weight excluding hydrogens is 242 g/mol.